The molecule has 1 aliphatic heterocycles. The van der Waals surface area contributed by atoms with Crippen LogP contribution in [-0.4, -0.2) is 40.9 Å². The van der Waals surface area contributed by atoms with Crippen LogP contribution in [-0.2, 0) is 4.74 Å². The van der Waals surface area contributed by atoms with E-state index in [1.807, 2.05) is 26.8 Å². The number of hydrogen-bond donors (Lipinski definition) is 1. The quantitative estimate of drug-likeness (QED) is 0.754. The number of aliphatic hydroxyl groups excluding tert-OH is 1. The number of likely N-dealkylation sites (tertiary alicyclic amines) is 1. The standard InChI is InChI=1S/C12H20N2O3/c1-12(2,3)17-11(16)14-7-5-10(15)9(8-14)4-6-13/h9-10,15H,4-5,7-8H2,1-3H3/t9-,10-/m0/s1. The molecule has 1 saturated heterocycles. The van der Waals surface area contributed by atoms with E-state index in [1.54, 1.807) is 4.90 Å². The second-order valence-corrected chi connectivity index (χ2v) is 5.40. The molecule has 1 rings (SSSR count). The van der Waals surface area contributed by atoms with Crippen LogP contribution < -0.4 is 0 Å². The van der Waals surface area contributed by atoms with E-state index in [0.29, 0.717) is 19.5 Å². The molecule has 0 spiro atoms. The van der Waals surface area contributed by atoms with E-state index in [0.717, 1.165) is 0 Å². The number of carbonyl (C=O) groups is 1. The Bertz CT molecular complexity index is 317. The molecule has 17 heavy (non-hydrogen) atoms. The first kappa shape index (κ1) is 13.8. The van der Waals surface area contributed by atoms with Gasteiger partial charge in [0.15, 0.2) is 0 Å². The minimum absolute atomic E-state index is 0.165. The van der Waals surface area contributed by atoms with Crippen molar-refractivity contribution in [3.05, 3.63) is 0 Å². The van der Waals surface area contributed by atoms with Gasteiger partial charge in [-0.1, -0.05) is 0 Å². The van der Waals surface area contributed by atoms with Gasteiger partial charge < -0.3 is 14.7 Å². The molecule has 1 amide bonds. The molecular weight excluding hydrogens is 220 g/mol. The molecule has 0 radical (unpaired) electrons. The third-order valence-electron chi connectivity index (χ3n) is 2.70. The van der Waals surface area contributed by atoms with E-state index in [9.17, 15) is 9.90 Å². The molecule has 0 aromatic heterocycles. The Labute approximate surface area is 102 Å². The summed E-state index contributed by atoms with van der Waals surface area (Å²) < 4.78 is 5.26. The van der Waals surface area contributed by atoms with Crippen molar-refractivity contribution in [3.8, 4) is 6.07 Å². The molecule has 0 aromatic rings. The highest BCUT2D eigenvalue weighted by molar-refractivity contribution is 5.68. The zero-order valence-electron chi connectivity index (χ0n) is 10.6. The number of nitrogens with zero attached hydrogens (tertiary/aromatic N) is 2. The molecular formula is C12H20N2O3. The molecule has 0 bridgehead atoms. The largest absolute Gasteiger partial charge is 0.444 e. The van der Waals surface area contributed by atoms with Crippen molar-refractivity contribution >= 4 is 6.09 Å². The smallest absolute Gasteiger partial charge is 0.410 e. The van der Waals surface area contributed by atoms with Crippen LogP contribution in [0.15, 0.2) is 0 Å². The fourth-order valence-corrected chi connectivity index (χ4v) is 1.83. The molecule has 5 heteroatoms. The number of amides is 1. The summed E-state index contributed by atoms with van der Waals surface area (Å²) in [4.78, 5) is 13.4. The van der Waals surface area contributed by atoms with Gasteiger partial charge in [-0.3, -0.25) is 0 Å². The topological polar surface area (TPSA) is 73.6 Å². The molecule has 1 heterocycles. The lowest BCUT2D eigenvalue weighted by Gasteiger charge is -2.36. The third kappa shape index (κ3) is 4.23. The summed E-state index contributed by atoms with van der Waals surface area (Å²) in [7, 11) is 0. The Kier molecular flexibility index (Phi) is 4.35. The van der Waals surface area contributed by atoms with Crippen LogP contribution in [0.1, 0.15) is 33.6 Å². The van der Waals surface area contributed by atoms with Crippen LogP contribution in [0.3, 0.4) is 0 Å². The number of ether oxygens (including phenoxy) is 1. The number of aliphatic hydroxyl groups is 1. The molecule has 0 aromatic carbocycles. The van der Waals surface area contributed by atoms with Gasteiger partial charge in [0, 0.05) is 25.4 Å². The molecule has 96 valence electrons. The van der Waals surface area contributed by atoms with Gasteiger partial charge >= 0.3 is 6.09 Å². The zero-order chi connectivity index (χ0) is 13.1. The molecule has 0 saturated carbocycles. The van der Waals surface area contributed by atoms with Gasteiger partial charge in [-0.15, -0.1) is 0 Å². The molecule has 5 nitrogen and oxygen atoms in total. The van der Waals surface area contributed by atoms with Crippen molar-refractivity contribution in [3.63, 3.8) is 0 Å². The fraction of sp³-hybridized carbons (Fsp3) is 0.833. The fourth-order valence-electron chi connectivity index (χ4n) is 1.83. The summed E-state index contributed by atoms with van der Waals surface area (Å²) >= 11 is 0. The lowest BCUT2D eigenvalue weighted by molar-refractivity contribution is -0.00743. The molecule has 1 aliphatic rings. The van der Waals surface area contributed by atoms with Crippen LogP contribution in [0.4, 0.5) is 4.79 Å². The number of carbonyl (C=O) groups excluding carboxylic acids is 1. The number of piperidine rings is 1. The van der Waals surface area contributed by atoms with E-state index in [-0.39, 0.29) is 18.4 Å². The Morgan fingerprint density at radius 2 is 2.24 bits per heavy atom. The molecule has 0 unspecified atom stereocenters. The first-order valence-corrected chi connectivity index (χ1v) is 5.86. The second-order valence-electron chi connectivity index (χ2n) is 5.40. The maximum atomic E-state index is 11.8. The van der Waals surface area contributed by atoms with E-state index >= 15 is 0 Å². The van der Waals surface area contributed by atoms with Crippen LogP contribution >= 0.6 is 0 Å². The minimum Gasteiger partial charge on any atom is -0.444 e. The monoisotopic (exact) mass is 240 g/mol. The van der Waals surface area contributed by atoms with E-state index in [2.05, 4.69) is 0 Å². The Hall–Kier alpha value is -1.28. The van der Waals surface area contributed by atoms with Crippen LogP contribution in [0.2, 0.25) is 0 Å². The average molecular weight is 240 g/mol. The molecule has 1 N–H and O–H groups in total. The molecule has 2 atom stereocenters. The average Bonchev–Trinajstić information content (AvgIpc) is 2.19. The molecule has 1 fully saturated rings. The normalized spacial score (nSPS) is 25.2. The van der Waals surface area contributed by atoms with Crippen molar-refractivity contribution in [2.45, 2.75) is 45.3 Å². The first-order chi connectivity index (χ1) is 7.83. The number of hydrogen-bond acceptors (Lipinski definition) is 4. The maximum absolute atomic E-state index is 11.8. The van der Waals surface area contributed by atoms with Crippen molar-refractivity contribution < 1.29 is 14.6 Å². The predicted octanol–water partition coefficient (Wildman–Crippen LogP) is 1.52. The lowest BCUT2D eigenvalue weighted by Crippen LogP contribution is -2.47. The summed E-state index contributed by atoms with van der Waals surface area (Å²) in [6.07, 6.45) is -0.0906. The van der Waals surface area contributed by atoms with Gasteiger partial charge in [-0.2, -0.15) is 5.26 Å². The maximum Gasteiger partial charge on any atom is 0.410 e. The van der Waals surface area contributed by atoms with Crippen molar-refractivity contribution in [2.75, 3.05) is 13.1 Å². The summed E-state index contributed by atoms with van der Waals surface area (Å²) in [5.74, 6) is -0.165. The van der Waals surface area contributed by atoms with Gasteiger partial charge in [0.1, 0.15) is 5.60 Å². The van der Waals surface area contributed by atoms with E-state index < -0.39 is 11.7 Å². The van der Waals surface area contributed by atoms with Crippen LogP contribution in [0, 0.1) is 17.2 Å². The molecule has 0 aliphatic carbocycles. The van der Waals surface area contributed by atoms with Gasteiger partial charge in [0.05, 0.1) is 12.2 Å². The summed E-state index contributed by atoms with van der Waals surface area (Å²) in [6.45, 7) is 6.32. The summed E-state index contributed by atoms with van der Waals surface area (Å²) in [6, 6.07) is 2.04. The van der Waals surface area contributed by atoms with Crippen LogP contribution in [0.5, 0.6) is 0 Å². The van der Waals surface area contributed by atoms with Gasteiger partial charge in [0.2, 0.25) is 0 Å². The highest BCUT2D eigenvalue weighted by Crippen LogP contribution is 2.21. The van der Waals surface area contributed by atoms with Crippen molar-refractivity contribution in [1.82, 2.24) is 4.90 Å². The Morgan fingerprint density at radius 1 is 1.59 bits per heavy atom. The number of rotatable bonds is 1. The highest BCUT2D eigenvalue weighted by Gasteiger charge is 2.32. The third-order valence-corrected chi connectivity index (χ3v) is 2.70. The second kappa shape index (κ2) is 5.37. The first-order valence-electron chi connectivity index (χ1n) is 5.86. The van der Waals surface area contributed by atoms with Crippen LogP contribution in [0.25, 0.3) is 0 Å². The van der Waals surface area contributed by atoms with Crippen molar-refractivity contribution in [1.29, 1.82) is 5.26 Å². The summed E-state index contributed by atoms with van der Waals surface area (Å²) in [5, 5.41) is 18.4. The Morgan fingerprint density at radius 3 is 2.76 bits per heavy atom. The van der Waals surface area contributed by atoms with Gasteiger partial charge in [0.25, 0.3) is 0 Å². The van der Waals surface area contributed by atoms with Crippen molar-refractivity contribution in [2.24, 2.45) is 5.92 Å². The van der Waals surface area contributed by atoms with E-state index in [1.165, 1.54) is 0 Å². The SMILES string of the molecule is CC(C)(C)OC(=O)N1CC[C@H](O)[C@@H](CC#N)C1. The lowest BCUT2D eigenvalue weighted by atomic mass is 9.92. The summed E-state index contributed by atoms with van der Waals surface area (Å²) in [5.41, 5.74) is -0.516. The highest BCUT2D eigenvalue weighted by atomic mass is 16.6. The van der Waals surface area contributed by atoms with E-state index in [4.69, 9.17) is 10.00 Å². The number of nitriles is 1. The predicted molar refractivity (Wildman–Crippen MR) is 62.2 cm³/mol. The minimum atomic E-state index is -0.516. The van der Waals surface area contributed by atoms with Gasteiger partial charge in [-0.25, -0.2) is 4.79 Å². The zero-order valence-corrected chi connectivity index (χ0v) is 10.6. The Balaban J connectivity index is 2.56. The van der Waals surface area contributed by atoms with Gasteiger partial charge in [-0.05, 0) is 27.2 Å².